The second-order valence-electron chi connectivity index (χ2n) is 7.37. The summed E-state index contributed by atoms with van der Waals surface area (Å²) in [4.78, 5) is 23.8. The lowest BCUT2D eigenvalue weighted by Gasteiger charge is -2.17. The molecule has 4 nitrogen and oxygen atoms in total. The van der Waals surface area contributed by atoms with Gasteiger partial charge in [0.1, 0.15) is 6.61 Å². The monoisotopic (exact) mass is 385 g/mol. The molecule has 4 heteroatoms. The van der Waals surface area contributed by atoms with Crippen molar-refractivity contribution in [2.24, 2.45) is 0 Å². The quantitative estimate of drug-likeness (QED) is 0.591. The van der Waals surface area contributed by atoms with Gasteiger partial charge in [0, 0.05) is 11.5 Å². The van der Waals surface area contributed by atoms with Crippen LogP contribution in [0.5, 0.6) is 0 Å². The number of benzene rings is 3. The number of alkyl carbamates (subject to hydrolysis) is 1. The van der Waals surface area contributed by atoms with Gasteiger partial charge in [-0.2, -0.15) is 0 Å². The summed E-state index contributed by atoms with van der Waals surface area (Å²) in [6.45, 7) is 3.72. The number of hydrogen-bond donors (Lipinski definition) is 1. The predicted octanol–water partition coefficient (Wildman–Crippen LogP) is 5.49. The molecule has 1 N–H and O–H groups in total. The molecule has 0 saturated carbocycles. The minimum atomic E-state index is -0.449. The van der Waals surface area contributed by atoms with E-state index in [4.69, 9.17) is 4.74 Å². The maximum Gasteiger partial charge on any atom is 0.407 e. The summed E-state index contributed by atoms with van der Waals surface area (Å²) >= 11 is 0. The van der Waals surface area contributed by atoms with Crippen molar-refractivity contribution in [3.8, 4) is 11.1 Å². The lowest BCUT2D eigenvalue weighted by Crippen LogP contribution is -2.28. The van der Waals surface area contributed by atoms with Crippen LogP contribution in [-0.4, -0.2) is 18.5 Å². The second kappa shape index (κ2) is 7.92. The van der Waals surface area contributed by atoms with E-state index in [1.165, 1.54) is 29.2 Å². The Hall–Kier alpha value is -3.40. The Morgan fingerprint density at radius 1 is 0.897 bits per heavy atom. The number of carbonyl (C=O) groups excluding carboxylic acids is 2. The van der Waals surface area contributed by atoms with Crippen molar-refractivity contribution in [2.45, 2.75) is 25.8 Å². The number of amides is 1. The van der Waals surface area contributed by atoms with E-state index in [0.29, 0.717) is 5.56 Å². The average molecular weight is 385 g/mol. The van der Waals surface area contributed by atoms with Gasteiger partial charge in [-0.05, 0) is 41.7 Å². The topological polar surface area (TPSA) is 55.4 Å². The zero-order chi connectivity index (χ0) is 20.4. The van der Waals surface area contributed by atoms with E-state index >= 15 is 0 Å². The highest BCUT2D eigenvalue weighted by molar-refractivity contribution is 5.94. The first-order valence-corrected chi connectivity index (χ1v) is 9.77. The molecule has 0 radical (unpaired) electrons. The van der Waals surface area contributed by atoms with Gasteiger partial charge in [0.2, 0.25) is 0 Å². The maximum absolute atomic E-state index is 12.4. The van der Waals surface area contributed by atoms with E-state index in [1.54, 1.807) is 12.1 Å². The summed E-state index contributed by atoms with van der Waals surface area (Å²) in [7, 11) is 0. The molecule has 0 heterocycles. The molecule has 1 aliphatic rings. The zero-order valence-electron chi connectivity index (χ0n) is 16.5. The van der Waals surface area contributed by atoms with Crippen LogP contribution in [-0.2, 0) is 4.74 Å². The zero-order valence-corrected chi connectivity index (χ0v) is 16.5. The van der Waals surface area contributed by atoms with Crippen molar-refractivity contribution in [3.05, 3.63) is 95.1 Å². The van der Waals surface area contributed by atoms with E-state index in [9.17, 15) is 9.59 Å². The highest BCUT2D eigenvalue weighted by atomic mass is 16.5. The van der Waals surface area contributed by atoms with Crippen molar-refractivity contribution in [1.82, 2.24) is 5.32 Å². The molecule has 0 fully saturated rings. The van der Waals surface area contributed by atoms with Crippen molar-refractivity contribution in [1.29, 1.82) is 0 Å². The van der Waals surface area contributed by atoms with Crippen LogP contribution in [0.4, 0.5) is 4.79 Å². The van der Waals surface area contributed by atoms with E-state index in [0.717, 1.165) is 5.56 Å². The van der Waals surface area contributed by atoms with Crippen LogP contribution in [0.15, 0.2) is 72.8 Å². The molecule has 0 saturated heterocycles. The number of hydrogen-bond acceptors (Lipinski definition) is 3. The first-order valence-electron chi connectivity index (χ1n) is 9.77. The van der Waals surface area contributed by atoms with Crippen LogP contribution in [0.1, 0.15) is 52.9 Å². The van der Waals surface area contributed by atoms with Crippen LogP contribution in [0, 0.1) is 0 Å². The molecule has 146 valence electrons. The molecule has 1 aliphatic carbocycles. The predicted molar refractivity (Wildman–Crippen MR) is 113 cm³/mol. The Kier molecular flexibility index (Phi) is 5.17. The van der Waals surface area contributed by atoms with E-state index in [2.05, 4.69) is 29.6 Å². The number of nitrogens with one attached hydrogen (secondary N) is 1. The number of rotatable bonds is 5. The maximum atomic E-state index is 12.4. The van der Waals surface area contributed by atoms with Crippen LogP contribution in [0.25, 0.3) is 11.1 Å². The third-order valence-electron chi connectivity index (χ3n) is 5.50. The molecule has 3 aromatic rings. The molecule has 1 atom stereocenters. The van der Waals surface area contributed by atoms with E-state index in [-0.39, 0.29) is 24.3 Å². The van der Waals surface area contributed by atoms with Gasteiger partial charge in [-0.1, -0.05) is 72.8 Å². The number of ketones is 1. The Morgan fingerprint density at radius 2 is 1.45 bits per heavy atom. The van der Waals surface area contributed by atoms with E-state index < -0.39 is 6.09 Å². The molecule has 0 bridgehead atoms. The van der Waals surface area contributed by atoms with Crippen molar-refractivity contribution in [3.63, 3.8) is 0 Å². The number of ether oxygens (including phenoxy) is 1. The van der Waals surface area contributed by atoms with Gasteiger partial charge in [0.15, 0.2) is 5.78 Å². The minimum Gasteiger partial charge on any atom is -0.449 e. The molecule has 3 aromatic carbocycles. The third-order valence-corrected chi connectivity index (χ3v) is 5.50. The molecule has 29 heavy (non-hydrogen) atoms. The first kappa shape index (κ1) is 18.9. The molecule has 4 rings (SSSR count). The summed E-state index contributed by atoms with van der Waals surface area (Å²) in [5, 5.41) is 2.87. The Balaban J connectivity index is 1.41. The summed E-state index contributed by atoms with van der Waals surface area (Å²) in [5.74, 6) is 0.0620. The Labute approximate surface area is 170 Å². The molecule has 0 unspecified atom stereocenters. The van der Waals surface area contributed by atoms with Gasteiger partial charge in [-0.15, -0.1) is 0 Å². The van der Waals surface area contributed by atoms with Gasteiger partial charge in [-0.3, -0.25) is 4.79 Å². The summed E-state index contributed by atoms with van der Waals surface area (Å²) in [5.41, 5.74) is 6.36. The fraction of sp³-hybridized carbons (Fsp3) is 0.200. The largest absolute Gasteiger partial charge is 0.449 e. The highest BCUT2D eigenvalue weighted by Crippen LogP contribution is 2.44. The Morgan fingerprint density at radius 3 is 2.00 bits per heavy atom. The molecule has 1 amide bonds. The van der Waals surface area contributed by atoms with Crippen LogP contribution < -0.4 is 5.32 Å². The molecule has 0 spiro atoms. The van der Waals surface area contributed by atoms with Gasteiger partial charge < -0.3 is 10.1 Å². The van der Waals surface area contributed by atoms with Gasteiger partial charge in [-0.25, -0.2) is 4.79 Å². The lowest BCUT2D eigenvalue weighted by atomic mass is 9.98. The van der Waals surface area contributed by atoms with Gasteiger partial charge in [0.05, 0.1) is 6.04 Å². The third kappa shape index (κ3) is 3.79. The average Bonchev–Trinajstić information content (AvgIpc) is 3.06. The van der Waals surface area contributed by atoms with Gasteiger partial charge >= 0.3 is 6.09 Å². The van der Waals surface area contributed by atoms with Crippen molar-refractivity contribution in [2.75, 3.05) is 6.61 Å². The minimum absolute atomic E-state index is 0.0219. The first-order chi connectivity index (χ1) is 14.0. The van der Waals surface area contributed by atoms with Crippen molar-refractivity contribution < 1.29 is 14.3 Å². The molecular formula is C25H23NO3. The second-order valence-corrected chi connectivity index (χ2v) is 7.37. The standard InChI is InChI=1S/C25H23NO3/c1-16(18-11-13-19(14-12-18)17(2)27)26-25(28)29-15-24-22-9-5-3-7-20(22)21-8-4-6-10-23(21)24/h3-14,16,24H,15H2,1-2H3,(H,26,28)/t16-/m1/s1. The summed E-state index contributed by atoms with van der Waals surface area (Å²) in [6.07, 6.45) is -0.449. The molecular weight excluding hydrogens is 362 g/mol. The lowest BCUT2D eigenvalue weighted by molar-refractivity contribution is 0.101. The number of fused-ring (bicyclic) bond motifs is 3. The molecule has 0 aromatic heterocycles. The SMILES string of the molecule is CC(=O)c1ccc([C@@H](C)NC(=O)OCC2c3ccccc3-c3ccccc32)cc1. The van der Waals surface area contributed by atoms with Gasteiger partial charge in [0.25, 0.3) is 0 Å². The number of carbonyl (C=O) groups is 2. The Bertz CT molecular complexity index is 1010. The summed E-state index contributed by atoms with van der Waals surface area (Å²) in [6, 6.07) is 23.6. The van der Waals surface area contributed by atoms with Crippen molar-refractivity contribution >= 4 is 11.9 Å². The number of Topliss-reactive ketones (excluding diaryl/α,β-unsaturated/α-hetero) is 1. The smallest absolute Gasteiger partial charge is 0.407 e. The fourth-order valence-corrected chi connectivity index (χ4v) is 3.91. The van der Waals surface area contributed by atoms with Crippen LogP contribution in [0.2, 0.25) is 0 Å². The normalized spacial score (nSPS) is 13.3. The fourth-order valence-electron chi connectivity index (χ4n) is 3.91. The van der Waals surface area contributed by atoms with Crippen LogP contribution >= 0.6 is 0 Å². The molecule has 0 aliphatic heterocycles. The van der Waals surface area contributed by atoms with E-state index in [1.807, 2.05) is 43.3 Å². The summed E-state index contributed by atoms with van der Waals surface area (Å²) < 4.78 is 5.59. The highest BCUT2D eigenvalue weighted by Gasteiger charge is 2.29. The van der Waals surface area contributed by atoms with Crippen LogP contribution in [0.3, 0.4) is 0 Å².